The second-order valence-corrected chi connectivity index (χ2v) is 14.4. The lowest BCUT2D eigenvalue weighted by Crippen LogP contribution is -2.57. The molecule has 0 saturated carbocycles. The molecule has 4 aliphatic rings. The summed E-state index contributed by atoms with van der Waals surface area (Å²) in [7, 11) is 0. The van der Waals surface area contributed by atoms with E-state index in [9.17, 15) is 14.9 Å². The van der Waals surface area contributed by atoms with E-state index in [0.29, 0.717) is 48.4 Å². The maximum Gasteiger partial charge on any atom is 0.323 e. The molecule has 7 heterocycles. The van der Waals surface area contributed by atoms with Gasteiger partial charge in [-0.05, 0) is 32.4 Å². The molecule has 4 N–H and O–H groups in total. The van der Waals surface area contributed by atoms with E-state index in [1.54, 1.807) is 17.2 Å². The van der Waals surface area contributed by atoms with E-state index in [1.165, 1.54) is 11.3 Å². The van der Waals surface area contributed by atoms with Gasteiger partial charge in [0, 0.05) is 54.0 Å². The SMILES string of the molecule is C[C@H](c1cccnc1N)N(CC#N)c1nc(OC[C@@]23CCCN2C[C@H](F)C3)nc(N2CC3(C2)SCc2sc(N)c(C#N)c23)n1. The Balaban J connectivity index is 1.22. The van der Waals surface area contributed by atoms with Crippen molar-refractivity contribution in [1.82, 2.24) is 24.8 Å². The van der Waals surface area contributed by atoms with Gasteiger partial charge in [-0.1, -0.05) is 6.07 Å². The van der Waals surface area contributed by atoms with Crippen molar-refractivity contribution in [2.75, 3.05) is 60.6 Å². The van der Waals surface area contributed by atoms with Crippen LogP contribution in [0, 0.1) is 22.7 Å². The van der Waals surface area contributed by atoms with E-state index in [-0.39, 0.29) is 41.4 Å². The Labute approximate surface area is 262 Å². The van der Waals surface area contributed by atoms with Crippen LogP contribution in [-0.2, 0) is 10.5 Å². The van der Waals surface area contributed by atoms with Crippen LogP contribution in [0.2, 0.25) is 0 Å². The van der Waals surface area contributed by atoms with Gasteiger partial charge in [0.25, 0.3) is 0 Å². The molecule has 15 heteroatoms. The van der Waals surface area contributed by atoms with Gasteiger partial charge in [0.15, 0.2) is 0 Å². The van der Waals surface area contributed by atoms with Crippen molar-refractivity contribution in [3.8, 4) is 18.1 Å². The highest BCUT2D eigenvalue weighted by Gasteiger charge is 2.53. The van der Waals surface area contributed by atoms with Crippen molar-refractivity contribution in [2.45, 2.75) is 54.4 Å². The molecule has 4 aliphatic heterocycles. The van der Waals surface area contributed by atoms with E-state index < -0.39 is 6.17 Å². The zero-order valence-electron chi connectivity index (χ0n) is 24.2. The number of halogens is 1. The minimum absolute atomic E-state index is 0.0114. The van der Waals surface area contributed by atoms with Crippen LogP contribution in [0.15, 0.2) is 18.3 Å². The smallest absolute Gasteiger partial charge is 0.323 e. The number of alkyl halides is 1. The fourth-order valence-electron chi connectivity index (χ4n) is 7.15. The number of thiophene rings is 1. The predicted octanol–water partition coefficient (Wildman–Crippen LogP) is 3.37. The van der Waals surface area contributed by atoms with Crippen molar-refractivity contribution in [2.24, 2.45) is 0 Å². The van der Waals surface area contributed by atoms with E-state index in [2.05, 4.69) is 27.0 Å². The van der Waals surface area contributed by atoms with Crippen molar-refractivity contribution in [1.29, 1.82) is 10.5 Å². The van der Waals surface area contributed by atoms with Gasteiger partial charge in [0.1, 0.15) is 36.2 Å². The Morgan fingerprint density at radius 2 is 2.11 bits per heavy atom. The molecule has 0 aromatic carbocycles. The Kier molecular flexibility index (Phi) is 7.15. The van der Waals surface area contributed by atoms with Gasteiger partial charge in [-0.15, -0.1) is 23.1 Å². The number of hydrogen-bond acceptors (Lipinski definition) is 14. The highest BCUT2D eigenvalue weighted by Crippen LogP contribution is 2.57. The summed E-state index contributed by atoms with van der Waals surface area (Å²) in [4.78, 5) is 25.6. The van der Waals surface area contributed by atoms with Crippen molar-refractivity contribution < 1.29 is 9.13 Å². The molecule has 3 saturated heterocycles. The van der Waals surface area contributed by atoms with E-state index >= 15 is 0 Å². The number of aromatic nitrogens is 4. The van der Waals surface area contributed by atoms with Crippen molar-refractivity contribution >= 4 is 45.8 Å². The second kappa shape index (κ2) is 10.9. The highest BCUT2D eigenvalue weighted by molar-refractivity contribution is 8.00. The Morgan fingerprint density at radius 3 is 2.89 bits per heavy atom. The summed E-state index contributed by atoms with van der Waals surface area (Å²) >= 11 is 3.30. The van der Waals surface area contributed by atoms with E-state index in [4.69, 9.17) is 26.2 Å². The van der Waals surface area contributed by atoms with Crippen LogP contribution in [0.25, 0.3) is 0 Å². The standard InChI is InChI=1S/C29H32FN11OS2/c1-17(19-4-2-7-35-23(19)33)41(9-6-31)26-36-25(37-27(38-26)42-16-28-5-3-8-40(28)12-18(30)10-28)39-14-29(15-39)22-20(11-32)24(34)44-21(22)13-43-29/h2,4,7,17-18H,3,5,8-10,12-16,34H2,1H3,(H2,33,35)/t17-,18-,28+/m1/s1. The molecule has 0 radical (unpaired) electrons. The number of nitrogens with zero attached hydrogens (tertiary/aromatic N) is 9. The predicted molar refractivity (Wildman–Crippen MR) is 167 cm³/mol. The van der Waals surface area contributed by atoms with Crippen LogP contribution in [0.1, 0.15) is 53.8 Å². The Bertz CT molecular complexity index is 1680. The molecule has 228 valence electrons. The molecule has 0 unspecified atom stereocenters. The van der Waals surface area contributed by atoms with Crippen LogP contribution in [0.5, 0.6) is 6.01 Å². The molecule has 12 nitrogen and oxygen atoms in total. The number of ether oxygens (including phenoxy) is 1. The lowest BCUT2D eigenvalue weighted by Gasteiger charge is -2.47. The minimum atomic E-state index is -0.879. The Hall–Kier alpha value is -3.92. The first kappa shape index (κ1) is 28.8. The number of fused-ring (bicyclic) bond motifs is 3. The number of rotatable bonds is 8. The molecule has 44 heavy (non-hydrogen) atoms. The first-order chi connectivity index (χ1) is 21.3. The average Bonchev–Trinajstić information content (AvgIpc) is 3.72. The first-order valence-electron chi connectivity index (χ1n) is 14.6. The fourth-order valence-corrected chi connectivity index (χ4v) is 9.96. The number of thioether (sulfide) groups is 1. The van der Waals surface area contributed by atoms with Crippen molar-refractivity contribution in [3.05, 3.63) is 39.9 Å². The summed E-state index contributed by atoms with van der Waals surface area (Å²) in [5, 5.41) is 20.2. The van der Waals surface area contributed by atoms with E-state index in [0.717, 1.165) is 41.1 Å². The van der Waals surface area contributed by atoms with Crippen LogP contribution < -0.4 is 26.0 Å². The lowest BCUT2D eigenvalue weighted by atomic mass is 9.88. The molecule has 1 spiro atoms. The van der Waals surface area contributed by atoms with Crippen molar-refractivity contribution in [3.63, 3.8) is 0 Å². The first-order valence-corrected chi connectivity index (χ1v) is 16.4. The fraction of sp³-hybridized carbons (Fsp3) is 0.517. The summed E-state index contributed by atoms with van der Waals surface area (Å²) in [6.07, 6.45) is 3.02. The molecule has 3 atom stereocenters. The third-order valence-corrected chi connectivity index (χ3v) is 12.0. The van der Waals surface area contributed by atoms with Gasteiger partial charge >= 0.3 is 6.01 Å². The monoisotopic (exact) mass is 633 g/mol. The second-order valence-electron chi connectivity index (χ2n) is 11.9. The third-order valence-electron chi connectivity index (χ3n) is 9.34. The van der Waals surface area contributed by atoms with Crippen LogP contribution in [0.4, 0.5) is 27.1 Å². The average molecular weight is 634 g/mol. The molecule has 0 amide bonds. The molecular formula is C29H32FN11OS2. The molecule has 7 rings (SSSR count). The largest absolute Gasteiger partial charge is 0.461 e. The van der Waals surface area contributed by atoms with Gasteiger partial charge in [0.05, 0.1) is 28.0 Å². The maximum absolute atomic E-state index is 14.5. The number of anilines is 4. The van der Waals surface area contributed by atoms with Gasteiger partial charge in [-0.3, -0.25) is 4.90 Å². The van der Waals surface area contributed by atoms with Gasteiger partial charge in [-0.2, -0.15) is 25.5 Å². The molecule has 0 bridgehead atoms. The maximum atomic E-state index is 14.5. The summed E-state index contributed by atoms with van der Waals surface area (Å²) < 4.78 is 20.5. The Morgan fingerprint density at radius 1 is 1.27 bits per heavy atom. The molecule has 3 aromatic rings. The zero-order chi connectivity index (χ0) is 30.6. The van der Waals surface area contributed by atoms with Crippen LogP contribution in [0.3, 0.4) is 0 Å². The minimum Gasteiger partial charge on any atom is -0.461 e. The normalized spacial score (nSPS) is 23.9. The number of nitriles is 2. The summed E-state index contributed by atoms with van der Waals surface area (Å²) in [5.74, 6) is 1.86. The van der Waals surface area contributed by atoms with Gasteiger partial charge < -0.3 is 26.0 Å². The number of nitrogens with two attached hydrogens (primary N) is 2. The summed E-state index contributed by atoms with van der Waals surface area (Å²) in [6.45, 7) is 4.62. The van der Waals surface area contributed by atoms with Gasteiger partial charge in [0.2, 0.25) is 11.9 Å². The lowest BCUT2D eigenvalue weighted by molar-refractivity contribution is 0.107. The number of nitrogen functional groups attached to an aromatic ring is 2. The van der Waals surface area contributed by atoms with Crippen LogP contribution in [-0.4, -0.2) is 75.9 Å². The van der Waals surface area contributed by atoms with Gasteiger partial charge in [-0.25, -0.2) is 9.37 Å². The highest BCUT2D eigenvalue weighted by atomic mass is 32.2. The number of pyridine rings is 1. The summed E-state index contributed by atoms with van der Waals surface area (Å²) in [6, 6.07) is 7.95. The zero-order valence-corrected chi connectivity index (χ0v) is 25.9. The third kappa shape index (κ3) is 4.65. The quantitative estimate of drug-likeness (QED) is 0.347. The van der Waals surface area contributed by atoms with Crippen LogP contribution >= 0.6 is 23.1 Å². The summed E-state index contributed by atoms with van der Waals surface area (Å²) in [5.41, 5.74) is 14.4. The molecule has 3 aromatic heterocycles. The molecule has 3 fully saturated rings. The molecule has 0 aliphatic carbocycles. The topological polar surface area (TPSA) is 170 Å². The van der Waals surface area contributed by atoms with E-state index in [1.807, 2.05) is 29.7 Å². The molecular weight excluding hydrogens is 602 g/mol. The number of hydrogen-bond donors (Lipinski definition) is 2.